The fraction of sp³-hybridized carbons (Fsp3) is 0.267. The maximum atomic E-state index is 12.1. The second-order valence-electron chi connectivity index (χ2n) is 5.01. The number of rotatable bonds is 5. The molecule has 0 spiro atoms. The number of anilines is 1. The van der Waals surface area contributed by atoms with E-state index in [-0.39, 0.29) is 12.7 Å². The standard InChI is InChI=1S/C15H16N2O3S/c1-17(8-12-3-2-6-21-12)9-15(18)16-11-4-5-13-14(7-11)20-10-19-13/h2-7H,8-10H2,1H3,(H,16,18)/p+1. The largest absolute Gasteiger partial charge is 0.454 e. The highest BCUT2D eigenvalue weighted by Gasteiger charge is 2.15. The number of hydrogen-bond acceptors (Lipinski definition) is 4. The Balaban J connectivity index is 1.54. The summed E-state index contributed by atoms with van der Waals surface area (Å²) in [5.74, 6) is 1.38. The number of carbonyl (C=O) groups excluding carboxylic acids is 1. The molecule has 6 heteroatoms. The number of carbonyl (C=O) groups is 1. The van der Waals surface area contributed by atoms with Crippen LogP contribution in [0.2, 0.25) is 0 Å². The fourth-order valence-corrected chi connectivity index (χ4v) is 3.05. The zero-order valence-electron chi connectivity index (χ0n) is 11.7. The van der Waals surface area contributed by atoms with E-state index in [9.17, 15) is 4.79 Å². The van der Waals surface area contributed by atoms with Gasteiger partial charge in [0.2, 0.25) is 6.79 Å². The van der Waals surface area contributed by atoms with Gasteiger partial charge in [-0.3, -0.25) is 4.79 Å². The zero-order valence-corrected chi connectivity index (χ0v) is 12.5. The quantitative estimate of drug-likeness (QED) is 0.871. The lowest BCUT2D eigenvalue weighted by Crippen LogP contribution is -3.08. The number of amides is 1. The van der Waals surface area contributed by atoms with Crippen molar-refractivity contribution in [2.24, 2.45) is 0 Å². The van der Waals surface area contributed by atoms with Gasteiger partial charge < -0.3 is 19.7 Å². The average Bonchev–Trinajstić information content (AvgIpc) is 3.08. The molecule has 1 aliphatic heterocycles. The Labute approximate surface area is 127 Å². The van der Waals surface area contributed by atoms with E-state index in [1.54, 1.807) is 23.5 Å². The molecule has 1 atom stereocenters. The molecular weight excluding hydrogens is 288 g/mol. The maximum absolute atomic E-state index is 12.1. The molecule has 110 valence electrons. The number of quaternary nitrogens is 1. The van der Waals surface area contributed by atoms with Gasteiger partial charge in [-0.1, -0.05) is 6.07 Å². The van der Waals surface area contributed by atoms with Crippen LogP contribution in [0.1, 0.15) is 4.88 Å². The Hall–Kier alpha value is -2.05. The second-order valence-corrected chi connectivity index (χ2v) is 6.04. The third-order valence-electron chi connectivity index (χ3n) is 3.17. The van der Waals surface area contributed by atoms with Crippen molar-refractivity contribution in [3.63, 3.8) is 0 Å². The highest BCUT2D eigenvalue weighted by atomic mass is 32.1. The van der Waals surface area contributed by atoms with Gasteiger partial charge >= 0.3 is 0 Å². The number of hydrogen-bond donors (Lipinski definition) is 2. The van der Waals surface area contributed by atoms with Crippen LogP contribution in [0.15, 0.2) is 35.7 Å². The van der Waals surface area contributed by atoms with Gasteiger partial charge in [0.05, 0.1) is 11.9 Å². The Morgan fingerprint density at radius 2 is 2.19 bits per heavy atom. The summed E-state index contributed by atoms with van der Waals surface area (Å²) in [4.78, 5) is 14.5. The van der Waals surface area contributed by atoms with E-state index in [0.717, 1.165) is 17.1 Å². The third kappa shape index (κ3) is 3.53. The third-order valence-corrected chi connectivity index (χ3v) is 4.05. The van der Waals surface area contributed by atoms with Gasteiger partial charge in [0.1, 0.15) is 6.54 Å². The van der Waals surface area contributed by atoms with Crippen LogP contribution < -0.4 is 19.7 Å². The van der Waals surface area contributed by atoms with Gasteiger partial charge in [0.25, 0.3) is 5.91 Å². The van der Waals surface area contributed by atoms with Crippen LogP contribution in [-0.2, 0) is 11.3 Å². The molecule has 0 fully saturated rings. The first kappa shape index (κ1) is 13.9. The molecular formula is C15H17N2O3S+. The van der Waals surface area contributed by atoms with Crippen LogP contribution in [0.3, 0.4) is 0 Å². The molecule has 0 aliphatic carbocycles. The van der Waals surface area contributed by atoms with Crippen molar-refractivity contribution in [2.75, 3.05) is 25.7 Å². The molecule has 21 heavy (non-hydrogen) atoms. The van der Waals surface area contributed by atoms with Crippen molar-refractivity contribution in [1.29, 1.82) is 0 Å². The highest BCUT2D eigenvalue weighted by molar-refractivity contribution is 7.09. The monoisotopic (exact) mass is 305 g/mol. The van der Waals surface area contributed by atoms with Crippen molar-refractivity contribution in [3.05, 3.63) is 40.6 Å². The number of fused-ring (bicyclic) bond motifs is 1. The van der Waals surface area contributed by atoms with Gasteiger partial charge in [0.15, 0.2) is 18.0 Å². The molecule has 0 bridgehead atoms. The summed E-state index contributed by atoms with van der Waals surface area (Å²) in [6.07, 6.45) is 0. The molecule has 1 unspecified atom stereocenters. The minimum Gasteiger partial charge on any atom is -0.454 e. The lowest BCUT2D eigenvalue weighted by atomic mass is 10.2. The summed E-state index contributed by atoms with van der Waals surface area (Å²) in [5, 5.41) is 4.94. The summed E-state index contributed by atoms with van der Waals surface area (Å²) >= 11 is 1.71. The summed E-state index contributed by atoms with van der Waals surface area (Å²) in [7, 11) is 2.01. The molecule has 2 aromatic rings. The van der Waals surface area contributed by atoms with Crippen molar-refractivity contribution >= 4 is 22.9 Å². The second kappa shape index (κ2) is 6.15. The molecule has 0 saturated heterocycles. The van der Waals surface area contributed by atoms with Crippen molar-refractivity contribution in [3.8, 4) is 11.5 Å². The average molecular weight is 305 g/mol. The Kier molecular flexibility index (Phi) is 4.08. The predicted octanol–water partition coefficient (Wildman–Crippen LogP) is 1.13. The van der Waals surface area contributed by atoms with Crippen LogP contribution in [-0.4, -0.2) is 26.3 Å². The van der Waals surface area contributed by atoms with Crippen molar-refractivity contribution < 1.29 is 19.2 Å². The molecule has 0 saturated carbocycles. The Bertz CT molecular complexity index is 628. The van der Waals surface area contributed by atoms with Crippen LogP contribution in [0, 0.1) is 0 Å². The van der Waals surface area contributed by atoms with E-state index < -0.39 is 0 Å². The SMILES string of the molecule is C[NH+](CC(=O)Nc1ccc2c(c1)OCO2)Cc1cccs1. The van der Waals surface area contributed by atoms with E-state index >= 15 is 0 Å². The Morgan fingerprint density at radius 1 is 1.33 bits per heavy atom. The number of ether oxygens (including phenoxy) is 2. The molecule has 0 radical (unpaired) electrons. The van der Waals surface area contributed by atoms with Crippen LogP contribution in [0.4, 0.5) is 5.69 Å². The molecule has 1 aliphatic rings. The molecule has 1 aromatic carbocycles. The highest BCUT2D eigenvalue weighted by Crippen LogP contribution is 2.34. The van der Waals surface area contributed by atoms with Crippen LogP contribution in [0.5, 0.6) is 11.5 Å². The molecule has 5 nitrogen and oxygen atoms in total. The van der Waals surface area contributed by atoms with E-state index in [4.69, 9.17) is 9.47 Å². The minimum absolute atomic E-state index is 0.0112. The first-order chi connectivity index (χ1) is 10.2. The first-order valence-electron chi connectivity index (χ1n) is 6.74. The van der Waals surface area contributed by atoms with Gasteiger partial charge in [-0.15, -0.1) is 11.3 Å². The van der Waals surface area contributed by atoms with E-state index in [0.29, 0.717) is 18.0 Å². The smallest absolute Gasteiger partial charge is 0.279 e. The zero-order chi connectivity index (χ0) is 14.7. The van der Waals surface area contributed by atoms with Crippen molar-refractivity contribution in [2.45, 2.75) is 6.54 Å². The Morgan fingerprint density at radius 3 is 3.00 bits per heavy atom. The first-order valence-corrected chi connectivity index (χ1v) is 7.62. The summed E-state index contributed by atoms with van der Waals surface area (Å²) in [5.41, 5.74) is 0.730. The van der Waals surface area contributed by atoms with E-state index in [1.807, 2.05) is 19.2 Å². The molecule has 2 heterocycles. The maximum Gasteiger partial charge on any atom is 0.279 e. The predicted molar refractivity (Wildman–Crippen MR) is 81.0 cm³/mol. The van der Waals surface area contributed by atoms with Gasteiger partial charge in [-0.25, -0.2) is 0 Å². The lowest BCUT2D eigenvalue weighted by molar-refractivity contribution is -0.884. The van der Waals surface area contributed by atoms with Gasteiger partial charge in [-0.2, -0.15) is 0 Å². The van der Waals surface area contributed by atoms with Crippen LogP contribution >= 0.6 is 11.3 Å². The summed E-state index contributed by atoms with van der Waals surface area (Å²) < 4.78 is 10.5. The summed E-state index contributed by atoms with van der Waals surface area (Å²) in [6.45, 7) is 1.51. The topological polar surface area (TPSA) is 52.0 Å². The van der Waals surface area contributed by atoms with E-state index in [1.165, 1.54) is 4.88 Å². The van der Waals surface area contributed by atoms with Crippen LogP contribution in [0.25, 0.3) is 0 Å². The minimum atomic E-state index is -0.0112. The molecule has 2 N–H and O–H groups in total. The number of thiophene rings is 1. The van der Waals surface area contributed by atoms with Gasteiger partial charge in [-0.05, 0) is 23.6 Å². The number of nitrogens with one attached hydrogen (secondary N) is 2. The normalized spacial score (nSPS) is 14.0. The summed E-state index contributed by atoms with van der Waals surface area (Å²) in [6, 6.07) is 9.53. The fourth-order valence-electron chi connectivity index (χ4n) is 2.23. The molecule has 3 rings (SSSR count). The lowest BCUT2D eigenvalue weighted by Gasteiger charge is -2.13. The van der Waals surface area contributed by atoms with Gasteiger partial charge in [0, 0.05) is 11.8 Å². The van der Waals surface area contributed by atoms with Crippen molar-refractivity contribution in [1.82, 2.24) is 0 Å². The van der Waals surface area contributed by atoms with E-state index in [2.05, 4.69) is 16.8 Å². The number of benzene rings is 1. The molecule has 1 aromatic heterocycles. The molecule has 1 amide bonds. The number of likely N-dealkylation sites (N-methyl/N-ethyl adjacent to an activating group) is 1.